The summed E-state index contributed by atoms with van der Waals surface area (Å²) in [6.07, 6.45) is 3.22. The highest BCUT2D eigenvalue weighted by Gasteiger charge is 2.06. The minimum atomic E-state index is -0.166. The number of benzene rings is 1. The van der Waals surface area contributed by atoms with Crippen molar-refractivity contribution < 1.29 is 4.39 Å². The van der Waals surface area contributed by atoms with Crippen molar-refractivity contribution in [2.45, 2.75) is 32.7 Å². The number of halogens is 1. The number of aryl methyl sites for hydroxylation is 3. The van der Waals surface area contributed by atoms with Crippen LogP contribution in [0.1, 0.15) is 23.4 Å². The molecular weight excluding hydrogens is 263 g/mol. The molecule has 0 amide bonds. The lowest BCUT2D eigenvalue weighted by molar-refractivity contribution is 0.398. The van der Waals surface area contributed by atoms with Gasteiger partial charge in [-0.25, -0.2) is 4.39 Å². The molecular formula is C18H25FN2. The summed E-state index contributed by atoms with van der Waals surface area (Å²) in [5, 5.41) is 0. The topological polar surface area (TPSA) is 8.17 Å². The Hall–Kier alpha value is -1.61. The fraction of sp³-hybridized carbons (Fsp3) is 0.444. The van der Waals surface area contributed by atoms with Crippen LogP contribution in [0, 0.1) is 12.7 Å². The highest BCUT2D eigenvalue weighted by molar-refractivity contribution is 5.18. The smallest absolute Gasteiger partial charge is 0.123 e. The van der Waals surface area contributed by atoms with Crippen LogP contribution in [0.2, 0.25) is 0 Å². The molecule has 0 aliphatic rings. The fourth-order valence-electron chi connectivity index (χ4n) is 2.63. The molecule has 0 bridgehead atoms. The summed E-state index contributed by atoms with van der Waals surface area (Å²) < 4.78 is 15.3. The van der Waals surface area contributed by atoms with Gasteiger partial charge in [0.25, 0.3) is 0 Å². The summed E-state index contributed by atoms with van der Waals surface area (Å²) in [5.41, 5.74) is 3.89. The first-order valence-corrected chi connectivity index (χ1v) is 7.60. The number of aromatic nitrogens is 1. The maximum Gasteiger partial charge on any atom is 0.123 e. The molecule has 0 unspecified atom stereocenters. The molecule has 0 aliphatic carbocycles. The monoisotopic (exact) mass is 288 g/mol. The predicted octanol–water partition coefficient (Wildman–Crippen LogP) is 3.67. The molecule has 0 spiro atoms. The lowest BCUT2D eigenvalue weighted by Gasteiger charge is -2.13. The van der Waals surface area contributed by atoms with Gasteiger partial charge in [0.05, 0.1) is 0 Å². The van der Waals surface area contributed by atoms with Crippen molar-refractivity contribution >= 4 is 0 Å². The van der Waals surface area contributed by atoms with E-state index in [9.17, 15) is 4.39 Å². The Morgan fingerprint density at radius 3 is 2.38 bits per heavy atom. The van der Waals surface area contributed by atoms with Crippen LogP contribution in [0.5, 0.6) is 0 Å². The molecule has 1 aromatic heterocycles. The first-order valence-electron chi connectivity index (χ1n) is 7.60. The van der Waals surface area contributed by atoms with E-state index in [2.05, 4.69) is 42.6 Å². The molecule has 3 heteroatoms. The van der Waals surface area contributed by atoms with Crippen LogP contribution < -0.4 is 0 Å². The molecule has 0 fully saturated rings. The zero-order valence-corrected chi connectivity index (χ0v) is 13.3. The van der Waals surface area contributed by atoms with Crippen molar-refractivity contribution in [2.75, 3.05) is 20.6 Å². The van der Waals surface area contributed by atoms with E-state index in [-0.39, 0.29) is 5.82 Å². The normalized spacial score (nSPS) is 11.3. The summed E-state index contributed by atoms with van der Waals surface area (Å²) in [5.74, 6) is -0.166. The highest BCUT2D eigenvalue weighted by atomic mass is 19.1. The number of hydrogen-bond donors (Lipinski definition) is 0. The van der Waals surface area contributed by atoms with E-state index < -0.39 is 0 Å². The predicted molar refractivity (Wildman–Crippen MR) is 86.1 cm³/mol. The van der Waals surface area contributed by atoms with E-state index in [1.165, 1.54) is 35.5 Å². The van der Waals surface area contributed by atoms with Crippen LogP contribution in [-0.2, 0) is 19.4 Å². The van der Waals surface area contributed by atoms with Crippen LogP contribution in [0.4, 0.5) is 4.39 Å². The number of nitrogens with zero attached hydrogens (tertiary/aromatic N) is 2. The molecule has 1 heterocycles. The molecule has 21 heavy (non-hydrogen) atoms. The third kappa shape index (κ3) is 4.71. The Morgan fingerprint density at radius 1 is 1.00 bits per heavy atom. The van der Waals surface area contributed by atoms with Gasteiger partial charge in [-0.15, -0.1) is 0 Å². The highest BCUT2D eigenvalue weighted by Crippen LogP contribution is 2.13. The van der Waals surface area contributed by atoms with Crippen molar-refractivity contribution in [1.82, 2.24) is 9.47 Å². The summed E-state index contributed by atoms with van der Waals surface area (Å²) in [6.45, 7) is 4.23. The van der Waals surface area contributed by atoms with Gasteiger partial charge in [0.1, 0.15) is 5.82 Å². The largest absolute Gasteiger partial charge is 0.349 e. The molecule has 2 nitrogen and oxygen atoms in total. The van der Waals surface area contributed by atoms with Crippen molar-refractivity contribution in [3.8, 4) is 0 Å². The molecule has 1 aromatic carbocycles. The van der Waals surface area contributed by atoms with Crippen LogP contribution in [0.3, 0.4) is 0 Å². The summed E-state index contributed by atoms with van der Waals surface area (Å²) >= 11 is 0. The standard InChI is InChI=1S/C18H25FN2/c1-15-6-11-18(5-4-13-20(2)3)21(15)14-12-16-7-9-17(19)10-8-16/h6-11H,4-5,12-14H2,1-3H3. The fourth-order valence-corrected chi connectivity index (χ4v) is 2.63. The van der Waals surface area contributed by atoms with Gasteiger partial charge in [-0.2, -0.15) is 0 Å². The van der Waals surface area contributed by atoms with Crippen LogP contribution in [-0.4, -0.2) is 30.1 Å². The SMILES string of the molecule is Cc1ccc(CCCN(C)C)n1CCc1ccc(F)cc1. The molecule has 2 rings (SSSR count). The van der Waals surface area contributed by atoms with Gasteiger partial charge in [-0.1, -0.05) is 12.1 Å². The van der Waals surface area contributed by atoms with E-state index in [1.54, 1.807) is 0 Å². The molecule has 2 aromatic rings. The molecule has 0 saturated carbocycles. The van der Waals surface area contributed by atoms with Gasteiger partial charge in [-0.3, -0.25) is 0 Å². The maximum atomic E-state index is 12.9. The molecule has 0 N–H and O–H groups in total. The van der Waals surface area contributed by atoms with Crippen molar-refractivity contribution in [1.29, 1.82) is 0 Å². The summed E-state index contributed by atoms with van der Waals surface area (Å²) in [7, 11) is 4.22. The van der Waals surface area contributed by atoms with E-state index in [4.69, 9.17) is 0 Å². The second-order valence-electron chi connectivity index (χ2n) is 5.90. The Kier molecular flexibility index (Phi) is 5.57. The van der Waals surface area contributed by atoms with Crippen LogP contribution in [0.25, 0.3) is 0 Å². The Morgan fingerprint density at radius 2 is 1.71 bits per heavy atom. The second-order valence-corrected chi connectivity index (χ2v) is 5.90. The lowest BCUT2D eigenvalue weighted by atomic mass is 10.1. The molecule has 0 aliphatic heterocycles. The van der Waals surface area contributed by atoms with Crippen molar-refractivity contribution in [3.63, 3.8) is 0 Å². The molecule has 0 saturated heterocycles. The minimum absolute atomic E-state index is 0.166. The van der Waals surface area contributed by atoms with Gasteiger partial charge in [-0.05, 0) is 76.7 Å². The lowest BCUT2D eigenvalue weighted by Crippen LogP contribution is -2.15. The zero-order chi connectivity index (χ0) is 15.2. The summed E-state index contributed by atoms with van der Waals surface area (Å²) in [4.78, 5) is 2.22. The van der Waals surface area contributed by atoms with Gasteiger partial charge in [0, 0.05) is 17.9 Å². The van der Waals surface area contributed by atoms with E-state index in [1.807, 2.05) is 12.1 Å². The van der Waals surface area contributed by atoms with Crippen molar-refractivity contribution in [3.05, 3.63) is 59.2 Å². The first kappa shape index (κ1) is 15.8. The van der Waals surface area contributed by atoms with Gasteiger partial charge < -0.3 is 9.47 Å². The number of rotatable bonds is 7. The average Bonchev–Trinajstić information content (AvgIpc) is 2.79. The Labute approximate surface area is 127 Å². The maximum absolute atomic E-state index is 12.9. The van der Waals surface area contributed by atoms with Crippen LogP contribution >= 0.6 is 0 Å². The van der Waals surface area contributed by atoms with Gasteiger partial charge in [0.15, 0.2) is 0 Å². The number of hydrogen-bond acceptors (Lipinski definition) is 1. The summed E-state index contributed by atoms with van der Waals surface area (Å²) in [6, 6.07) is 11.2. The van der Waals surface area contributed by atoms with E-state index in [0.29, 0.717) is 0 Å². The molecule has 0 radical (unpaired) electrons. The minimum Gasteiger partial charge on any atom is -0.349 e. The average molecular weight is 288 g/mol. The van der Waals surface area contributed by atoms with E-state index >= 15 is 0 Å². The molecule has 0 atom stereocenters. The van der Waals surface area contributed by atoms with Crippen molar-refractivity contribution in [2.24, 2.45) is 0 Å². The van der Waals surface area contributed by atoms with E-state index in [0.717, 1.165) is 25.9 Å². The third-order valence-corrected chi connectivity index (χ3v) is 3.86. The molecule has 114 valence electrons. The Balaban J connectivity index is 1.95. The first-order chi connectivity index (χ1) is 10.1. The zero-order valence-electron chi connectivity index (χ0n) is 13.3. The second kappa shape index (κ2) is 7.41. The Bertz CT molecular complexity index is 555. The quantitative estimate of drug-likeness (QED) is 0.754. The van der Waals surface area contributed by atoms with Gasteiger partial charge in [0.2, 0.25) is 0 Å². The van der Waals surface area contributed by atoms with Crippen LogP contribution in [0.15, 0.2) is 36.4 Å². The third-order valence-electron chi connectivity index (χ3n) is 3.86. The van der Waals surface area contributed by atoms with Gasteiger partial charge >= 0.3 is 0 Å².